The fourth-order valence-electron chi connectivity index (χ4n) is 1.70. The van der Waals surface area contributed by atoms with Crippen molar-refractivity contribution < 1.29 is 23.9 Å². The second-order valence-electron chi connectivity index (χ2n) is 4.96. The number of likely N-dealkylation sites (N-methyl/N-ethyl adjacent to an activating group) is 1. The molecule has 0 heterocycles. The number of rotatable bonds is 6. The molecule has 0 radical (unpaired) electrons. The maximum atomic E-state index is 12.2. The smallest absolute Gasteiger partial charge is 0.411 e. The normalized spacial score (nSPS) is 10.0. The van der Waals surface area contributed by atoms with Gasteiger partial charge in [0.15, 0.2) is 0 Å². The van der Waals surface area contributed by atoms with E-state index in [9.17, 15) is 19.2 Å². The number of Topliss-reactive ketones (excluding diaryl/α,β-unsaturated/α-hetero) is 1. The first kappa shape index (κ1) is 19.1. The summed E-state index contributed by atoms with van der Waals surface area (Å²) >= 11 is 0. The second kappa shape index (κ2) is 9.26. The Kier molecular flexibility index (Phi) is 7.37. The summed E-state index contributed by atoms with van der Waals surface area (Å²) in [6, 6.07) is 5.98. The predicted molar refractivity (Wildman–Crippen MR) is 86.3 cm³/mol. The Hall–Kier alpha value is -2.94. The van der Waals surface area contributed by atoms with Gasteiger partial charge in [0.2, 0.25) is 0 Å². The fourth-order valence-corrected chi connectivity index (χ4v) is 1.70. The Morgan fingerprint density at radius 3 is 2.38 bits per heavy atom. The molecule has 3 amide bonds. The summed E-state index contributed by atoms with van der Waals surface area (Å²) in [5, 5.41) is 2.38. The van der Waals surface area contributed by atoms with Crippen molar-refractivity contribution in [2.45, 2.75) is 6.92 Å². The molecule has 1 aromatic rings. The molecule has 130 valence electrons. The van der Waals surface area contributed by atoms with Gasteiger partial charge in [-0.15, -0.1) is 0 Å². The summed E-state index contributed by atoms with van der Waals surface area (Å²) in [7, 11) is 3.37. The largest absolute Gasteiger partial charge is 0.450 e. The third-order valence-corrected chi connectivity index (χ3v) is 2.67. The third kappa shape index (κ3) is 6.05. The van der Waals surface area contributed by atoms with Gasteiger partial charge >= 0.3 is 12.0 Å². The molecule has 0 aromatic heterocycles. The molecule has 3 N–H and O–H groups in total. The van der Waals surface area contributed by atoms with E-state index in [-0.39, 0.29) is 24.4 Å². The Morgan fingerprint density at radius 2 is 1.75 bits per heavy atom. The fraction of sp³-hybridized carbons (Fsp3) is 0.333. The standard InChI is InChI=1S/C15H20N4O5/c1-4-24-15(23)16-11-8-6-5-7-10(11)13(21)14(22)18-17-12(20)9-19(2)3/h5-8H,4,9H2,1-3H3,(H,16,23)(H,17,20)(H,18,22). The summed E-state index contributed by atoms with van der Waals surface area (Å²) in [5.74, 6) is -2.41. The van der Waals surface area contributed by atoms with Gasteiger partial charge in [-0.2, -0.15) is 0 Å². The van der Waals surface area contributed by atoms with Crippen LogP contribution in [0.15, 0.2) is 24.3 Å². The molecule has 9 heteroatoms. The number of anilines is 1. The Labute approximate surface area is 139 Å². The molecule has 0 aliphatic rings. The van der Waals surface area contributed by atoms with E-state index in [1.807, 2.05) is 5.43 Å². The van der Waals surface area contributed by atoms with Gasteiger partial charge in [-0.1, -0.05) is 12.1 Å². The zero-order chi connectivity index (χ0) is 18.1. The van der Waals surface area contributed by atoms with Crippen LogP contribution in [-0.4, -0.2) is 55.8 Å². The van der Waals surface area contributed by atoms with Crippen molar-refractivity contribution in [3.63, 3.8) is 0 Å². The van der Waals surface area contributed by atoms with Gasteiger partial charge in [-0.25, -0.2) is 4.79 Å². The van der Waals surface area contributed by atoms with Crippen LogP contribution < -0.4 is 16.2 Å². The Bertz CT molecular complexity index is 630. The van der Waals surface area contributed by atoms with Crippen molar-refractivity contribution in [2.75, 3.05) is 32.6 Å². The average molecular weight is 336 g/mol. The van der Waals surface area contributed by atoms with Crippen molar-refractivity contribution in [1.82, 2.24) is 15.8 Å². The lowest BCUT2D eigenvalue weighted by Crippen LogP contribution is -2.47. The lowest BCUT2D eigenvalue weighted by atomic mass is 10.1. The number of benzene rings is 1. The van der Waals surface area contributed by atoms with Crippen LogP contribution in [0.5, 0.6) is 0 Å². The number of hydrogen-bond donors (Lipinski definition) is 3. The van der Waals surface area contributed by atoms with Crippen molar-refractivity contribution in [3.8, 4) is 0 Å². The molecule has 0 bridgehead atoms. The minimum Gasteiger partial charge on any atom is -0.450 e. The van der Waals surface area contributed by atoms with E-state index in [0.717, 1.165) is 0 Å². The molecule has 1 aromatic carbocycles. The number of ketones is 1. The van der Waals surface area contributed by atoms with Crippen LogP contribution in [-0.2, 0) is 14.3 Å². The Balaban J connectivity index is 2.74. The van der Waals surface area contributed by atoms with Gasteiger partial charge in [0.1, 0.15) is 0 Å². The number of para-hydroxylation sites is 1. The Morgan fingerprint density at radius 1 is 1.08 bits per heavy atom. The van der Waals surface area contributed by atoms with Gasteiger partial charge in [-0.05, 0) is 33.2 Å². The molecular formula is C15H20N4O5. The van der Waals surface area contributed by atoms with Crippen molar-refractivity contribution in [1.29, 1.82) is 0 Å². The summed E-state index contributed by atoms with van der Waals surface area (Å²) in [4.78, 5) is 48.6. The monoisotopic (exact) mass is 336 g/mol. The zero-order valence-electron chi connectivity index (χ0n) is 13.7. The van der Waals surface area contributed by atoms with Crippen LogP contribution in [0.2, 0.25) is 0 Å². The number of amides is 3. The molecule has 9 nitrogen and oxygen atoms in total. The SMILES string of the molecule is CCOC(=O)Nc1ccccc1C(=O)C(=O)NNC(=O)CN(C)C. The van der Waals surface area contributed by atoms with Gasteiger partial charge in [0.05, 0.1) is 24.4 Å². The highest BCUT2D eigenvalue weighted by molar-refractivity contribution is 6.44. The zero-order valence-corrected chi connectivity index (χ0v) is 13.7. The second-order valence-corrected chi connectivity index (χ2v) is 4.96. The van der Waals surface area contributed by atoms with E-state index in [1.165, 1.54) is 12.1 Å². The highest BCUT2D eigenvalue weighted by atomic mass is 16.5. The molecule has 0 saturated carbocycles. The molecule has 24 heavy (non-hydrogen) atoms. The van der Waals surface area contributed by atoms with Gasteiger partial charge in [0.25, 0.3) is 11.7 Å². The van der Waals surface area contributed by atoms with Crippen LogP contribution in [0.3, 0.4) is 0 Å². The minimum absolute atomic E-state index is 0.0232. The molecule has 0 unspecified atom stereocenters. The maximum Gasteiger partial charge on any atom is 0.411 e. The van der Waals surface area contributed by atoms with Crippen molar-refractivity contribution in [3.05, 3.63) is 29.8 Å². The van der Waals surface area contributed by atoms with Gasteiger partial charge in [-0.3, -0.25) is 30.6 Å². The highest BCUT2D eigenvalue weighted by Crippen LogP contribution is 2.16. The van der Waals surface area contributed by atoms with E-state index in [1.54, 1.807) is 38.1 Å². The van der Waals surface area contributed by atoms with E-state index < -0.39 is 23.7 Å². The van der Waals surface area contributed by atoms with Crippen LogP contribution >= 0.6 is 0 Å². The number of nitrogens with one attached hydrogen (secondary N) is 3. The molecule has 0 spiro atoms. The average Bonchev–Trinajstić information content (AvgIpc) is 2.52. The van der Waals surface area contributed by atoms with Crippen LogP contribution in [0.1, 0.15) is 17.3 Å². The number of hydrazine groups is 1. The number of ether oxygens (including phenoxy) is 1. The van der Waals surface area contributed by atoms with E-state index in [0.29, 0.717) is 0 Å². The van der Waals surface area contributed by atoms with Crippen LogP contribution in [0.25, 0.3) is 0 Å². The maximum absolute atomic E-state index is 12.2. The quantitative estimate of drug-likeness (QED) is 0.387. The topological polar surface area (TPSA) is 117 Å². The molecular weight excluding hydrogens is 316 g/mol. The molecule has 0 saturated heterocycles. The van der Waals surface area contributed by atoms with Gasteiger partial charge < -0.3 is 9.64 Å². The lowest BCUT2D eigenvalue weighted by molar-refractivity contribution is -0.127. The summed E-state index contributed by atoms with van der Waals surface area (Å²) in [5.41, 5.74) is 4.28. The first-order valence-corrected chi connectivity index (χ1v) is 7.16. The summed E-state index contributed by atoms with van der Waals surface area (Å²) in [6.07, 6.45) is -0.738. The van der Waals surface area contributed by atoms with Gasteiger partial charge in [0, 0.05) is 0 Å². The predicted octanol–water partition coefficient (Wildman–Crippen LogP) is 0.147. The number of nitrogens with zero attached hydrogens (tertiary/aromatic N) is 1. The minimum atomic E-state index is -1.03. The highest BCUT2D eigenvalue weighted by Gasteiger charge is 2.21. The third-order valence-electron chi connectivity index (χ3n) is 2.67. The summed E-state index contributed by atoms with van der Waals surface area (Å²) < 4.78 is 4.73. The molecule has 0 aliphatic heterocycles. The van der Waals surface area contributed by atoms with E-state index in [4.69, 9.17) is 4.74 Å². The number of carbonyl (C=O) groups excluding carboxylic acids is 4. The first-order valence-electron chi connectivity index (χ1n) is 7.16. The van der Waals surface area contributed by atoms with Crippen LogP contribution in [0.4, 0.5) is 10.5 Å². The summed E-state index contributed by atoms with van der Waals surface area (Å²) in [6.45, 7) is 1.86. The van der Waals surface area contributed by atoms with E-state index >= 15 is 0 Å². The molecule has 0 fully saturated rings. The molecule has 1 rings (SSSR count). The molecule has 0 atom stereocenters. The number of carbonyl (C=O) groups is 4. The first-order chi connectivity index (χ1) is 11.3. The van der Waals surface area contributed by atoms with E-state index in [2.05, 4.69) is 10.7 Å². The van der Waals surface area contributed by atoms with Crippen molar-refractivity contribution in [2.24, 2.45) is 0 Å². The van der Waals surface area contributed by atoms with Crippen LogP contribution in [0, 0.1) is 0 Å². The molecule has 0 aliphatic carbocycles. The lowest BCUT2D eigenvalue weighted by Gasteiger charge is -2.12. The van der Waals surface area contributed by atoms with Crippen molar-refractivity contribution >= 4 is 29.4 Å². The number of hydrogen-bond acceptors (Lipinski definition) is 6.